The van der Waals surface area contributed by atoms with Crippen molar-refractivity contribution < 1.29 is 14.0 Å². The number of furan rings is 1. The van der Waals surface area contributed by atoms with Crippen LogP contribution in [0.15, 0.2) is 47.2 Å². The highest BCUT2D eigenvalue weighted by atomic mass is 16.3. The molecule has 1 saturated heterocycles. The van der Waals surface area contributed by atoms with Crippen molar-refractivity contribution in [1.29, 1.82) is 0 Å². The summed E-state index contributed by atoms with van der Waals surface area (Å²) in [7, 11) is 0. The fourth-order valence-electron chi connectivity index (χ4n) is 3.54. The molecule has 1 N–H and O–H groups in total. The standard InChI is InChI=1S/C20H22N4O3/c1-14-6-4-9-23(13-14)20(26)18-22-17(16-8-2-3-10-24(16)18)19(25)21-12-15-7-5-11-27-15/h2-3,5,7-8,10-11,14H,4,6,9,12-13H2,1H3,(H,21,25). The van der Waals surface area contributed by atoms with Crippen molar-refractivity contribution >= 4 is 17.3 Å². The Hall–Kier alpha value is -3.09. The molecular weight excluding hydrogens is 344 g/mol. The summed E-state index contributed by atoms with van der Waals surface area (Å²) in [4.78, 5) is 32.0. The van der Waals surface area contributed by atoms with Crippen molar-refractivity contribution in [2.75, 3.05) is 13.1 Å². The number of hydrogen-bond acceptors (Lipinski definition) is 4. The maximum absolute atomic E-state index is 13.0. The van der Waals surface area contributed by atoms with Gasteiger partial charge in [-0.15, -0.1) is 0 Å². The Kier molecular flexibility index (Phi) is 4.66. The first-order valence-electron chi connectivity index (χ1n) is 9.20. The third-order valence-corrected chi connectivity index (χ3v) is 4.90. The molecule has 0 aliphatic carbocycles. The number of carbonyl (C=O) groups excluding carboxylic acids is 2. The summed E-state index contributed by atoms with van der Waals surface area (Å²) in [6.07, 6.45) is 5.45. The van der Waals surface area contributed by atoms with Crippen LogP contribution in [0.4, 0.5) is 0 Å². The Morgan fingerprint density at radius 2 is 2.19 bits per heavy atom. The lowest BCUT2D eigenvalue weighted by atomic mass is 10.0. The van der Waals surface area contributed by atoms with Crippen LogP contribution in [0, 0.1) is 5.92 Å². The van der Waals surface area contributed by atoms with Gasteiger partial charge in [-0.3, -0.25) is 14.0 Å². The highest BCUT2D eigenvalue weighted by Crippen LogP contribution is 2.20. The summed E-state index contributed by atoms with van der Waals surface area (Å²) in [6, 6.07) is 9.01. The number of imidazole rings is 1. The fraction of sp³-hybridized carbons (Fsp3) is 0.350. The van der Waals surface area contributed by atoms with Crippen LogP contribution in [0.3, 0.4) is 0 Å². The predicted octanol–water partition coefficient (Wildman–Crippen LogP) is 2.73. The van der Waals surface area contributed by atoms with Crippen molar-refractivity contribution in [3.05, 3.63) is 60.1 Å². The van der Waals surface area contributed by atoms with Gasteiger partial charge in [-0.25, -0.2) is 4.98 Å². The Labute approximate surface area is 157 Å². The number of piperidine rings is 1. The Bertz CT molecular complexity index is 961. The molecule has 3 aromatic rings. The molecule has 4 heterocycles. The van der Waals surface area contributed by atoms with Gasteiger partial charge in [-0.2, -0.15) is 0 Å². The summed E-state index contributed by atoms with van der Waals surface area (Å²) < 4.78 is 6.94. The average molecular weight is 366 g/mol. The molecule has 1 aliphatic heterocycles. The zero-order valence-corrected chi connectivity index (χ0v) is 15.2. The first kappa shape index (κ1) is 17.3. The number of hydrogen-bond donors (Lipinski definition) is 1. The predicted molar refractivity (Wildman–Crippen MR) is 99.4 cm³/mol. The second-order valence-electron chi connectivity index (χ2n) is 7.00. The van der Waals surface area contributed by atoms with Gasteiger partial charge in [0.05, 0.1) is 18.3 Å². The molecule has 1 aliphatic rings. The van der Waals surface area contributed by atoms with E-state index in [1.807, 2.05) is 17.0 Å². The van der Waals surface area contributed by atoms with Crippen LogP contribution in [0.5, 0.6) is 0 Å². The number of rotatable bonds is 4. The van der Waals surface area contributed by atoms with E-state index in [9.17, 15) is 9.59 Å². The molecule has 0 bridgehead atoms. The third-order valence-electron chi connectivity index (χ3n) is 4.90. The van der Waals surface area contributed by atoms with Crippen molar-refractivity contribution in [3.63, 3.8) is 0 Å². The number of nitrogens with zero attached hydrogens (tertiary/aromatic N) is 3. The van der Waals surface area contributed by atoms with E-state index in [1.54, 1.807) is 35.1 Å². The lowest BCUT2D eigenvalue weighted by Gasteiger charge is -2.30. The van der Waals surface area contributed by atoms with Crippen molar-refractivity contribution in [2.24, 2.45) is 5.92 Å². The van der Waals surface area contributed by atoms with Crippen LogP contribution in [0.1, 0.15) is 46.6 Å². The number of fused-ring (bicyclic) bond motifs is 1. The van der Waals surface area contributed by atoms with E-state index in [-0.39, 0.29) is 29.9 Å². The molecule has 2 amide bonds. The summed E-state index contributed by atoms with van der Waals surface area (Å²) in [5.41, 5.74) is 0.860. The van der Waals surface area contributed by atoms with E-state index in [4.69, 9.17) is 4.42 Å². The summed E-state index contributed by atoms with van der Waals surface area (Å²) in [6.45, 7) is 3.87. The van der Waals surface area contributed by atoms with Crippen LogP contribution >= 0.6 is 0 Å². The third kappa shape index (κ3) is 3.45. The van der Waals surface area contributed by atoms with E-state index >= 15 is 0 Å². The molecule has 3 aromatic heterocycles. The highest BCUT2D eigenvalue weighted by molar-refractivity contribution is 6.02. The Morgan fingerprint density at radius 3 is 2.96 bits per heavy atom. The molecule has 0 aromatic carbocycles. The molecule has 1 fully saturated rings. The molecule has 0 saturated carbocycles. The largest absolute Gasteiger partial charge is 0.467 e. The summed E-state index contributed by atoms with van der Waals surface area (Å²) in [5, 5.41) is 2.80. The molecule has 0 radical (unpaired) electrons. The van der Waals surface area contributed by atoms with E-state index in [0.717, 1.165) is 25.9 Å². The van der Waals surface area contributed by atoms with Crippen LogP contribution < -0.4 is 5.32 Å². The van der Waals surface area contributed by atoms with E-state index in [0.29, 0.717) is 17.2 Å². The van der Waals surface area contributed by atoms with Crippen LogP contribution in [-0.4, -0.2) is 39.2 Å². The summed E-state index contributed by atoms with van der Waals surface area (Å²) >= 11 is 0. The monoisotopic (exact) mass is 366 g/mol. The second-order valence-corrected chi connectivity index (χ2v) is 7.00. The smallest absolute Gasteiger partial charge is 0.290 e. The van der Waals surface area contributed by atoms with Gasteiger partial charge in [0.25, 0.3) is 11.8 Å². The van der Waals surface area contributed by atoms with Crippen LogP contribution in [0.25, 0.3) is 5.52 Å². The molecule has 4 rings (SSSR count). The molecule has 1 atom stereocenters. The minimum atomic E-state index is -0.332. The van der Waals surface area contributed by atoms with Crippen LogP contribution in [-0.2, 0) is 6.54 Å². The lowest BCUT2D eigenvalue weighted by Crippen LogP contribution is -2.40. The number of aromatic nitrogens is 2. The molecule has 0 spiro atoms. The van der Waals surface area contributed by atoms with Gasteiger partial charge < -0.3 is 14.6 Å². The molecule has 7 nitrogen and oxygen atoms in total. The maximum Gasteiger partial charge on any atom is 0.290 e. The SMILES string of the molecule is CC1CCCN(C(=O)c2nc(C(=O)NCc3ccco3)c3ccccn23)C1. The topological polar surface area (TPSA) is 79.8 Å². The average Bonchev–Trinajstić information content (AvgIpc) is 3.33. The maximum atomic E-state index is 13.0. The molecular formula is C20H22N4O3. The highest BCUT2D eigenvalue weighted by Gasteiger charge is 2.27. The quantitative estimate of drug-likeness (QED) is 0.770. The van der Waals surface area contributed by atoms with E-state index in [1.165, 1.54) is 0 Å². The number of carbonyl (C=O) groups is 2. The van der Waals surface area contributed by atoms with Gasteiger partial charge >= 0.3 is 0 Å². The molecule has 140 valence electrons. The lowest BCUT2D eigenvalue weighted by molar-refractivity contribution is 0.0670. The van der Waals surface area contributed by atoms with Gasteiger partial charge in [0.1, 0.15) is 5.76 Å². The second kappa shape index (κ2) is 7.26. The number of nitrogens with one attached hydrogen (secondary N) is 1. The van der Waals surface area contributed by atoms with Gasteiger partial charge in [0.2, 0.25) is 5.82 Å². The van der Waals surface area contributed by atoms with Gasteiger partial charge in [-0.1, -0.05) is 13.0 Å². The number of pyridine rings is 1. The Balaban J connectivity index is 1.62. The molecule has 27 heavy (non-hydrogen) atoms. The van der Waals surface area contributed by atoms with E-state index < -0.39 is 0 Å². The van der Waals surface area contributed by atoms with Gasteiger partial charge in [0, 0.05) is 19.3 Å². The molecule has 1 unspecified atom stereocenters. The van der Waals surface area contributed by atoms with Crippen molar-refractivity contribution in [3.8, 4) is 0 Å². The minimum absolute atomic E-state index is 0.132. The normalized spacial score (nSPS) is 17.2. The summed E-state index contributed by atoms with van der Waals surface area (Å²) in [5.74, 6) is 0.951. The zero-order chi connectivity index (χ0) is 18.8. The fourth-order valence-corrected chi connectivity index (χ4v) is 3.54. The molecule has 7 heteroatoms. The Morgan fingerprint density at radius 1 is 1.30 bits per heavy atom. The van der Waals surface area contributed by atoms with Crippen LogP contribution in [0.2, 0.25) is 0 Å². The van der Waals surface area contributed by atoms with Crippen molar-refractivity contribution in [2.45, 2.75) is 26.3 Å². The van der Waals surface area contributed by atoms with Crippen molar-refractivity contribution in [1.82, 2.24) is 19.6 Å². The van der Waals surface area contributed by atoms with Gasteiger partial charge in [0.15, 0.2) is 5.69 Å². The first-order chi connectivity index (χ1) is 13.1. The minimum Gasteiger partial charge on any atom is -0.467 e. The first-order valence-corrected chi connectivity index (χ1v) is 9.20. The van der Waals surface area contributed by atoms with E-state index in [2.05, 4.69) is 17.2 Å². The van der Waals surface area contributed by atoms with Gasteiger partial charge in [-0.05, 0) is 43.0 Å². The number of amides is 2. The zero-order valence-electron chi connectivity index (χ0n) is 15.2. The number of likely N-dealkylation sites (tertiary alicyclic amines) is 1.